The SMILES string of the molecule is CCN=C1C=C2CCN(S(=O)(=O)c3ccccc3)CC2(Cc2ccccc2)CC1. The van der Waals surface area contributed by atoms with E-state index in [1.54, 1.807) is 28.6 Å². The zero-order valence-electron chi connectivity index (χ0n) is 16.9. The Bertz CT molecular complexity index is 1010. The normalized spacial score (nSPS) is 24.2. The Morgan fingerprint density at radius 1 is 1.00 bits per heavy atom. The number of benzene rings is 2. The Morgan fingerprint density at radius 3 is 2.38 bits per heavy atom. The molecule has 2 aromatic carbocycles. The molecule has 1 saturated heterocycles. The van der Waals surface area contributed by atoms with Crippen LogP contribution in [0.25, 0.3) is 0 Å². The summed E-state index contributed by atoms with van der Waals surface area (Å²) in [7, 11) is -3.49. The first kappa shape index (κ1) is 20.0. The van der Waals surface area contributed by atoms with Gasteiger partial charge in [0.2, 0.25) is 10.0 Å². The molecule has 1 aliphatic heterocycles. The van der Waals surface area contributed by atoms with Gasteiger partial charge in [-0.3, -0.25) is 4.99 Å². The second kappa shape index (κ2) is 8.25. The molecule has 29 heavy (non-hydrogen) atoms. The van der Waals surface area contributed by atoms with E-state index in [2.05, 4.69) is 42.3 Å². The van der Waals surface area contributed by atoms with Crippen molar-refractivity contribution in [2.75, 3.05) is 19.6 Å². The lowest BCUT2D eigenvalue weighted by Crippen LogP contribution is -2.49. The average molecular weight is 409 g/mol. The molecule has 152 valence electrons. The van der Waals surface area contributed by atoms with Gasteiger partial charge in [0.1, 0.15) is 0 Å². The van der Waals surface area contributed by atoms with Gasteiger partial charge in [0.15, 0.2) is 0 Å². The van der Waals surface area contributed by atoms with Gasteiger partial charge < -0.3 is 0 Å². The second-order valence-electron chi connectivity index (χ2n) is 7.98. The third-order valence-corrected chi connectivity index (χ3v) is 7.98. The summed E-state index contributed by atoms with van der Waals surface area (Å²) in [6.45, 7) is 3.91. The lowest BCUT2D eigenvalue weighted by atomic mass is 9.66. The summed E-state index contributed by atoms with van der Waals surface area (Å²) in [6, 6.07) is 19.2. The van der Waals surface area contributed by atoms with Crippen molar-refractivity contribution in [3.8, 4) is 0 Å². The summed E-state index contributed by atoms with van der Waals surface area (Å²) in [5.41, 5.74) is 3.62. The van der Waals surface area contributed by atoms with Crippen LogP contribution in [0.15, 0.2) is 82.2 Å². The van der Waals surface area contributed by atoms with Crippen molar-refractivity contribution in [2.24, 2.45) is 10.4 Å². The van der Waals surface area contributed by atoms with Crippen LogP contribution in [0.1, 0.15) is 31.7 Å². The van der Waals surface area contributed by atoms with Crippen LogP contribution in [0, 0.1) is 5.41 Å². The molecule has 1 atom stereocenters. The van der Waals surface area contributed by atoms with Crippen molar-refractivity contribution in [3.05, 3.63) is 77.9 Å². The summed E-state index contributed by atoms with van der Waals surface area (Å²) < 4.78 is 28.3. The molecule has 0 N–H and O–H groups in total. The van der Waals surface area contributed by atoms with Crippen LogP contribution in [0.3, 0.4) is 0 Å². The molecular formula is C24H28N2O2S. The maximum Gasteiger partial charge on any atom is 0.243 e. The van der Waals surface area contributed by atoms with Gasteiger partial charge in [-0.2, -0.15) is 4.31 Å². The number of aliphatic imine (C=N–C) groups is 1. The fourth-order valence-corrected chi connectivity index (χ4v) is 6.20. The van der Waals surface area contributed by atoms with Crippen molar-refractivity contribution in [3.63, 3.8) is 0 Å². The van der Waals surface area contributed by atoms with Crippen LogP contribution in [0.4, 0.5) is 0 Å². The quantitative estimate of drug-likeness (QED) is 0.732. The summed E-state index contributed by atoms with van der Waals surface area (Å²) in [5, 5.41) is 0. The number of sulfonamides is 1. The molecule has 0 radical (unpaired) electrons. The van der Waals surface area contributed by atoms with Crippen LogP contribution >= 0.6 is 0 Å². The van der Waals surface area contributed by atoms with E-state index < -0.39 is 10.0 Å². The van der Waals surface area contributed by atoms with Crippen molar-refractivity contribution in [1.82, 2.24) is 4.31 Å². The van der Waals surface area contributed by atoms with Crippen LogP contribution < -0.4 is 0 Å². The maximum atomic E-state index is 13.3. The van der Waals surface area contributed by atoms with Gasteiger partial charge in [-0.05, 0) is 56.4 Å². The first-order chi connectivity index (χ1) is 14.0. The molecule has 4 rings (SSSR count). The zero-order valence-corrected chi connectivity index (χ0v) is 17.7. The highest BCUT2D eigenvalue weighted by Crippen LogP contribution is 2.46. The van der Waals surface area contributed by atoms with Gasteiger partial charge in [0.05, 0.1) is 4.90 Å². The Kier molecular flexibility index (Phi) is 5.70. The van der Waals surface area contributed by atoms with E-state index in [-0.39, 0.29) is 5.41 Å². The summed E-state index contributed by atoms with van der Waals surface area (Å²) in [4.78, 5) is 5.02. The highest BCUT2D eigenvalue weighted by Gasteiger charge is 2.44. The number of hydrogen-bond donors (Lipinski definition) is 0. The van der Waals surface area contributed by atoms with E-state index >= 15 is 0 Å². The molecule has 1 aliphatic carbocycles. The molecule has 5 heteroatoms. The summed E-state index contributed by atoms with van der Waals surface area (Å²) >= 11 is 0. The van der Waals surface area contributed by atoms with Gasteiger partial charge in [-0.15, -0.1) is 0 Å². The van der Waals surface area contributed by atoms with Gasteiger partial charge in [0.25, 0.3) is 0 Å². The molecular weight excluding hydrogens is 380 g/mol. The lowest BCUT2D eigenvalue weighted by Gasteiger charge is -2.46. The molecule has 0 amide bonds. The van der Waals surface area contributed by atoms with Crippen LogP contribution in [-0.4, -0.2) is 38.1 Å². The molecule has 1 fully saturated rings. The molecule has 0 saturated carbocycles. The van der Waals surface area contributed by atoms with Gasteiger partial charge in [-0.25, -0.2) is 8.42 Å². The third-order valence-electron chi connectivity index (χ3n) is 6.12. The molecule has 2 aliphatic rings. The van der Waals surface area contributed by atoms with E-state index in [9.17, 15) is 8.42 Å². The number of fused-ring (bicyclic) bond motifs is 1. The largest absolute Gasteiger partial charge is 0.290 e. The standard InChI is InChI=1S/C24H28N2O2S/c1-2-25-22-13-15-24(18-20-9-5-3-6-10-20)19-26(16-14-21(24)17-22)29(27,28)23-11-7-4-8-12-23/h3-12,17H,2,13-16,18-19H2,1H3. The minimum atomic E-state index is -3.49. The maximum absolute atomic E-state index is 13.3. The molecule has 2 aromatic rings. The van der Waals surface area contributed by atoms with E-state index in [1.807, 2.05) is 12.1 Å². The Morgan fingerprint density at radius 2 is 1.69 bits per heavy atom. The number of piperidine rings is 1. The minimum absolute atomic E-state index is 0.159. The van der Waals surface area contributed by atoms with E-state index in [0.717, 1.165) is 37.9 Å². The first-order valence-electron chi connectivity index (χ1n) is 10.4. The van der Waals surface area contributed by atoms with Crippen molar-refractivity contribution in [1.29, 1.82) is 0 Å². The average Bonchev–Trinajstić information content (AvgIpc) is 2.75. The number of hydrogen-bond acceptors (Lipinski definition) is 3. The summed E-state index contributed by atoms with van der Waals surface area (Å²) in [6.07, 6.45) is 5.72. The van der Waals surface area contributed by atoms with Crippen molar-refractivity contribution < 1.29 is 8.42 Å². The van der Waals surface area contributed by atoms with Crippen LogP contribution in [0.2, 0.25) is 0 Å². The number of nitrogens with zero attached hydrogens (tertiary/aromatic N) is 2. The monoisotopic (exact) mass is 408 g/mol. The Balaban J connectivity index is 1.70. The van der Waals surface area contributed by atoms with Crippen LogP contribution in [0.5, 0.6) is 0 Å². The fourth-order valence-electron chi connectivity index (χ4n) is 4.65. The molecule has 1 heterocycles. The van der Waals surface area contributed by atoms with E-state index in [4.69, 9.17) is 0 Å². The second-order valence-corrected chi connectivity index (χ2v) is 9.92. The van der Waals surface area contributed by atoms with Crippen LogP contribution in [-0.2, 0) is 16.4 Å². The van der Waals surface area contributed by atoms with Crippen molar-refractivity contribution >= 4 is 15.7 Å². The third kappa shape index (κ3) is 4.07. The van der Waals surface area contributed by atoms with E-state index in [0.29, 0.717) is 18.0 Å². The highest BCUT2D eigenvalue weighted by molar-refractivity contribution is 7.89. The van der Waals surface area contributed by atoms with Gasteiger partial charge in [-0.1, -0.05) is 54.1 Å². The van der Waals surface area contributed by atoms with E-state index in [1.165, 1.54) is 11.1 Å². The highest BCUT2D eigenvalue weighted by atomic mass is 32.2. The topological polar surface area (TPSA) is 49.7 Å². The lowest BCUT2D eigenvalue weighted by molar-refractivity contribution is 0.198. The summed E-state index contributed by atoms with van der Waals surface area (Å²) in [5.74, 6) is 0. The van der Waals surface area contributed by atoms with Gasteiger partial charge in [0, 0.05) is 30.8 Å². The predicted molar refractivity (Wildman–Crippen MR) is 118 cm³/mol. The Labute approximate surface area is 174 Å². The number of allylic oxidation sites excluding steroid dienone is 1. The molecule has 0 bridgehead atoms. The fraction of sp³-hybridized carbons (Fsp3) is 0.375. The smallest absolute Gasteiger partial charge is 0.243 e. The predicted octanol–water partition coefficient (Wildman–Crippen LogP) is 4.49. The molecule has 4 nitrogen and oxygen atoms in total. The van der Waals surface area contributed by atoms with Gasteiger partial charge >= 0.3 is 0 Å². The minimum Gasteiger partial charge on any atom is -0.290 e. The molecule has 1 unspecified atom stereocenters. The molecule has 0 aromatic heterocycles. The zero-order chi connectivity index (χ0) is 20.3. The first-order valence-corrected chi connectivity index (χ1v) is 11.8. The van der Waals surface area contributed by atoms with Crippen molar-refractivity contribution in [2.45, 2.75) is 37.5 Å². The Hall–Kier alpha value is -2.24. The molecule has 0 spiro atoms. The number of rotatable bonds is 5.